The zero-order valence-electron chi connectivity index (χ0n) is 12.7. The summed E-state index contributed by atoms with van der Waals surface area (Å²) >= 11 is 3.16. The number of ether oxygens (including phenoxy) is 1. The lowest BCUT2D eigenvalue weighted by Gasteiger charge is -2.10. The third kappa shape index (κ3) is 4.66. The average Bonchev–Trinajstić information content (AvgIpc) is 2.45. The first-order valence-electron chi connectivity index (χ1n) is 6.91. The Bertz CT molecular complexity index is 789. The Hall–Kier alpha value is -2.15. The van der Waals surface area contributed by atoms with E-state index in [9.17, 15) is 14.0 Å². The van der Waals surface area contributed by atoms with Crippen LogP contribution in [0.4, 0.5) is 4.39 Å². The number of carbonyl (C=O) groups is 1. The molecule has 2 aromatic rings. The van der Waals surface area contributed by atoms with Gasteiger partial charge in [0.05, 0.1) is 4.47 Å². The second kappa shape index (κ2) is 7.41. The maximum absolute atomic E-state index is 13.0. The number of H-pyrrole nitrogens is 1. The first-order valence-corrected chi connectivity index (χ1v) is 7.70. The fourth-order valence-corrected chi connectivity index (χ4v) is 2.54. The molecule has 0 atom stereocenters. The third-order valence-corrected chi connectivity index (χ3v) is 3.83. The number of nitrogens with one attached hydrogen (secondary N) is 2. The van der Waals surface area contributed by atoms with Crippen molar-refractivity contribution < 1.29 is 13.9 Å². The highest BCUT2D eigenvalue weighted by atomic mass is 79.9. The summed E-state index contributed by atoms with van der Waals surface area (Å²) in [5.41, 5.74) is 1.87. The number of aromatic nitrogens is 1. The van der Waals surface area contributed by atoms with E-state index in [1.165, 1.54) is 18.2 Å². The number of halogens is 2. The van der Waals surface area contributed by atoms with Gasteiger partial charge in [0.25, 0.3) is 11.5 Å². The number of carbonyl (C=O) groups excluding carboxylic acids is 1. The molecular weight excluding hydrogens is 367 g/mol. The average molecular weight is 383 g/mol. The van der Waals surface area contributed by atoms with E-state index in [-0.39, 0.29) is 24.6 Å². The Morgan fingerprint density at radius 2 is 2.09 bits per heavy atom. The van der Waals surface area contributed by atoms with Crippen molar-refractivity contribution in [2.45, 2.75) is 20.4 Å². The minimum atomic E-state index is -0.400. The zero-order valence-corrected chi connectivity index (χ0v) is 14.3. The van der Waals surface area contributed by atoms with Crippen molar-refractivity contribution in [2.75, 3.05) is 6.61 Å². The molecule has 1 heterocycles. The number of hydrogen-bond acceptors (Lipinski definition) is 3. The summed E-state index contributed by atoms with van der Waals surface area (Å²) in [6, 6.07) is 5.77. The quantitative estimate of drug-likeness (QED) is 0.834. The van der Waals surface area contributed by atoms with Crippen molar-refractivity contribution in [1.29, 1.82) is 0 Å². The van der Waals surface area contributed by atoms with Crippen molar-refractivity contribution in [3.8, 4) is 5.75 Å². The lowest BCUT2D eigenvalue weighted by molar-refractivity contribution is -0.123. The summed E-state index contributed by atoms with van der Waals surface area (Å²) in [7, 11) is 0. The van der Waals surface area contributed by atoms with E-state index < -0.39 is 5.82 Å². The van der Waals surface area contributed by atoms with Gasteiger partial charge in [-0.15, -0.1) is 0 Å². The monoisotopic (exact) mass is 382 g/mol. The van der Waals surface area contributed by atoms with Gasteiger partial charge < -0.3 is 15.0 Å². The van der Waals surface area contributed by atoms with Crippen LogP contribution in [0.5, 0.6) is 5.75 Å². The molecule has 1 aromatic heterocycles. The number of aryl methyl sites for hydroxylation is 2. The fraction of sp³-hybridized carbons (Fsp3) is 0.250. The predicted molar refractivity (Wildman–Crippen MR) is 88.0 cm³/mol. The second-order valence-corrected chi connectivity index (χ2v) is 5.94. The van der Waals surface area contributed by atoms with Crippen LogP contribution in [0, 0.1) is 19.7 Å². The van der Waals surface area contributed by atoms with E-state index in [0.717, 1.165) is 11.3 Å². The molecule has 5 nitrogen and oxygen atoms in total. The number of pyridine rings is 1. The smallest absolute Gasteiger partial charge is 0.258 e. The minimum absolute atomic E-state index is 0.119. The van der Waals surface area contributed by atoms with Crippen molar-refractivity contribution in [3.63, 3.8) is 0 Å². The van der Waals surface area contributed by atoms with E-state index in [2.05, 4.69) is 26.2 Å². The van der Waals surface area contributed by atoms with Gasteiger partial charge in [0, 0.05) is 17.8 Å². The molecule has 0 saturated carbocycles. The van der Waals surface area contributed by atoms with Gasteiger partial charge in [-0.3, -0.25) is 9.59 Å². The normalized spacial score (nSPS) is 10.4. The third-order valence-electron chi connectivity index (χ3n) is 3.21. The van der Waals surface area contributed by atoms with Crippen LogP contribution in [0.1, 0.15) is 16.8 Å². The summed E-state index contributed by atoms with van der Waals surface area (Å²) in [6.45, 7) is 3.50. The van der Waals surface area contributed by atoms with Crippen LogP contribution in [0.15, 0.2) is 33.5 Å². The SMILES string of the molecule is Cc1cc(C)c(CNC(=O)COc2ccc(F)cc2Br)c(=O)[nH]1. The Morgan fingerprint density at radius 1 is 1.35 bits per heavy atom. The van der Waals surface area contributed by atoms with Crippen LogP contribution in [-0.4, -0.2) is 17.5 Å². The Kier molecular flexibility index (Phi) is 5.54. The Labute approximate surface area is 141 Å². The zero-order chi connectivity index (χ0) is 17.0. The molecule has 122 valence electrons. The van der Waals surface area contributed by atoms with E-state index in [0.29, 0.717) is 15.8 Å². The first-order chi connectivity index (χ1) is 10.9. The van der Waals surface area contributed by atoms with Crippen LogP contribution in [0.25, 0.3) is 0 Å². The molecule has 0 radical (unpaired) electrons. The minimum Gasteiger partial charge on any atom is -0.483 e. The maximum atomic E-state index is 13.0. The van der Waals surface area contributed by atoms with E-state index in [4.69, 9.17) is 4.74 Å². The van der Waals surface area contributed by atoms with Crippen molar-refractivity contribution in [3.05, 3.63) is 61.7 Å². The fourth-order valence-electron chi connectivity index (χ4n) is 2.07. The van der Waals surface area contributed by atoms with Crippen molar-refractivity contribution >= 4 is 21.8 Å². The van der Waals surface area contributed by atoms with Gasteiger partial charge >= 0.3 is 0 Å². The molecule has 0 spiro atoms. The van der Waals surface area contributed by atoms with Gasteiger partial charge in [-0.1, -0.05) is 0 Å². The number of amides is 1. The molecule has 0 bridgehead atoms. The molecule has 2 N–H and O–H groups in total. The highest BCUT2D eigenvalue weighted by molar-refractivity contribution is 9.10. The van der Waals surface area contributed by atoms with Crippen molar-refractivity contribution in [2.24, 2.45) is 0 Å². The topological polar surface area (TPSA) is 71.2 Å². The molecule has 0 unspecified atom stereocenters. The molecule has 1 amide bonds. The van der Waals surface area contributed by atoms with Gasteiger partial charge in [0.1, 0.15) is 11.6 Å². The first kappa shape index (κ1) is 17.2. The van der Waals surface area contributed by atoms with E-state index in [1.54, 1.807) is 6.92 Å². The second-order valence-electron chi connectivity index (χ2n) is 5.08. The van der Waals surface area contributed by atoms with Crippen LogP contribution in [0.3, 0.4) is 0 Å². The number of benzene rings is 1. The molecule has 23 heavy (non-hydrogen) atoms. The largest absolute Gasteiger partial charge is 0.483 e. The van der Waals surface area contributed by atoms with Crippen molar-refractivity contribution in [1.82, 2.24) is 10.3 Å². The van der Waals surface area contributed by atoms with Gasteiger partial charge in [-0.05, 0) is 59.6 Å². The predicted octanol–water partition coefficient (Wildman–Crippen LogP) is 2.59. The summed E-state index contributed by atoms with van der Waals surface area (Å²) in [5, 5.41) is 2.63. The molecule has 7 heteroatoms. The van der Waals surface area contributed by atoms with E-state index >= 15 is 0 Å². The molecular formula is C16H16BrFN2O3. The number of hydrogen-bond donors (Lipinski definition) is 2. The molecule has 2 rings (SSSR count). The summed E-state index contributed by atoms with van der Waals surface area (Å²) in [5.74, 6) is -0.408. The van der Waals surface area contributed by atoms with Crippen LogP contribution < -0.4 is 15.6 Å². The molecule has 0 aliphatic heterocycles. The summed E-state index contributed by atoms with van der Waals surface area (Å²) in [6.07, 6.45) is 0. The maximum Gasteiger partial charge on any atom is 0.258 e. The Balaban J connectivity index is 1.92. The lowest BCUT2D eigenvalue weighted by atomic mass is 10.1. The van der Waals surface area contributed by atoms with Gasteiger partial charge in [-0.25, -0.2) is 4.39 Å². The standard InChI is InChI=1S/C16H16BrFN2O3/c1-9-5-10(2)20-16(22)12(9)7-19-15(21)8-23-14-4-3-11(18)6-13(14)17/h3-6H,7-8H2,1-2H3,(H,19,21)(H,20,22). The molecule has 0 fully saturated rings. The van der Waals surface area contributed by atoms with Crippen LogP contribution in [0.2, 0.25) is 0 Å². The summed E-state index contributed by atoms with van der Waals surface area (Å²) in [4.78, 5) is 26.4. The van der Waals surface area contributed by atoms with Crippen LogP contribution in [-0.2, 0) is 11.3 Å². The molecule has 0 aliphatic carbocycles. The number of rotatable bonds is 5. The van der Waals surface area contributed by atoms with Gasteiger partial charge in [0.2, 0.25) is 0 Å². The molecule has 0 aliphatic rings. The highest BCUT2D eigenvalue weighted by Crippen LogP contribution is 2.25. The molecule has 0 saturated heterocycles. The molecule has 1 aromatic carbocycles. The van der Waals surface area contributed by atoms with E-state index in [1.807, 2.05) is 13.0 Å². The van der Waals surface area contributed by atoms with Gasteiger partial charge in [-0.2, -0.15) is 0 Å². The Morgan fingerprint density at radius 3 is 2.74 bits per heavy atom. The number of aromatic amines is 1. The van der Waals surface area contributed by atoms with Gasteiger partial charge in [0.15, 0.2) is 6.61 Å². The highest BCUT2D eigenvalue weighted by Gasteiger charge is 2.09. The van der Waals surface area contributed by atoms with Crippen LogP contribution >= 0.6 is 15.9 Å². The summed E-state index contributed by atoms with van der Waals surface area (Å²) < 4.78 is 18.7. The lowest BCUT2D eigenvalue weighted by Crippen LogP contribution is -2.31.